The lowest BCUT2D eigenvalue weighted by Gasteiger charge is -2.03. The number of rotatable bonds is 7. The third kappa shape index (κ3) is 6.43. The first-order chi connectivity index (χ1) is 11.2. The van der Waals surface area contributed by atoms with Crippen LogP contribution >= 0.6 is 27.5 Å². The zero-order chi connectivity index (χ0) is 16.5. The standard InChI is InChI=1S/C19H16BrClO2/c20-13-14-23-19-11-5-16(6-12-19)4-10-18(22)9-3-15-1-7-17(21)8-2-15/h1-12H,13-14H2/b9-3+,10-4+. The highest BCUT2D eigenvalue weighted by Gasteiger charge is 1.95. The van der Waals surface area contributed by atoms with Crippen LogP contribution in [0.2, 0.25) is 5.02 Å². The van der Waals surface area contributed by atoms with Crippen molar-refractivity contribution in [3.8, 4) is 5.75 Å². The molecule has 2 rings (SSSR count). The first-order valence-corrected chi connectivity index (χ1v) is 8.62. The summed E-state index contributed by atoms with van der Waals surface area (Å²) in [6.45, 7) is 0.628. The molecule has 2 aromatic rings. The van der Waals surface area contributed by atoms with E-state index in [9.17, 15) is 4.79 Å². The number of ether oxygens (including phenoxy) is 1. The number of halogens is 2. The SMILES string of the molecule is O=C(/C=C/c1ccc(Cl)cc1)/C=C/c1ccc(OCCBr)cc1. The van der Waals surface area contributed by atoms with Crippen molar-refractivity contribution in [3.63, 3.8) is 0 Å². The van der Waals surface area contributed by atoms with Gasteiger partial charge in [-0.15, -0.1) is 0 Å². The second kappa shape index (κ2) is 9.33. The molecule has 0 atom stereocenters. The van der Waals surface area contributed by atoms with E-state index in [2.05, 4.69) is 15.9 Å². The van der Waals surface area contributed by atoms with E-state index in [4.69, 9.17) is 16.3 Å². The molecule has 0 saturated carbocycles. The summed E-state index contributed by atoms with van der Waals surface area (Å²) in [7, 11) is 0. The predicted molar refractivity (Wildman–Crippen MR) is 100 cm³/mol. The maximum absolute atomic E-state index is 11.8. The molecule has 4 heteroatoms. The molecule has 2 nitrogen and oxygen atoms in total. The number of hydrogen-bond donors (Lipinski definition) is 0. The van der Waals surface area contributed by atoms with Crippen molar-refractivity contribution in [3.05, 3.63) is 76.8 Å². The highest BCUT2D eigenvalue weighted by molar-refractivity contribution is 9.09. The van der Waals surface area contributed by atoms with E-state index in [1.807, 2.05) is 36.4 Å². The molecule has 0 N–H and O–H groups in total. The zero-order valence-corrected chi connectivity index (χ0v) is 14.8. The Morgan fingerprint density at radius 3 is 2.00 bits per heavy atom. The van der Waals surface area contributed by atoms with Gasteiger partial charge in [-0.05, 0) is 47.5 Å². The fourth-order valence-electron chi connectivity index (χ4n) is 1.82. The Bertz CT molecular complexity index is 688. The van der Waals surface area contributed by atoms with Gasteiger partial charge >= 0.3 is 0 Å². The molecule has 118 valence electrons. The van der Waals surface area contributed by atoms with E-state index in [1.54, 1.807) is 30.4 Å². The summed E-state index contributed by atoms with van der Waals surface area (Å²) in [5.41, 5.74) is 1.88. The number of carbonyl (C=O) groups excluding carboxylic acids is 1. The first kappa shape index (κ1) is 17.5. The van der Waals surface area contributed by atoms with Gasteiger partial charge in [-0.25, -0.2) is 0 Å². The van der Waals surface area contributed by atoms with Crippen molar-refractivity contribution in [2.45, 2.75) is 0 Å². The van der Waals surface area contributed by atoms with Crippen molar-refractivity contribution < 1.29 is 9.53 Å². The molecule has 0 aliphatic heterocycles. The molecule has 0 amide bonds. The number of carbonyl (C=O) groups is 1. The van der Waals surface area contributed by atoms with Crippen molar-refractivity contribution in [1.29, 1.82) is 0 Å². The van der Waals surface area contributed by atoms with Crippen molar-refractivity contribution in [2.75, 3.05) is 11.9 Å². The van der Waals surface area contributed by atoms with E-state index in [0.717, 1.165) is 22.2 Å². The molecule has 23 heavy (non-hydrogen) atoms. The minimum atomic E-state index is -0.0698. The van der Waals surface area contributed by atoms with E-state index < -0.39 is 0 Å². The van der Waals surface area contributed by atoms with Crippen molar-refractivity contribution in [2.24, 2.45) is 0 Å². The summed E-state index contributed by atoms with van der Waals surface area (Å²) in [5, 5.41) is 1.47. The van der Waals surface area contributed by atoms with Crippen LogP contribution in [0, 0.1) is 0 Å². The Balaban J connectivity index is 1.91. The van der Waals surface area contributed by atoms with Crippen LogP contribution in [0.5, 0.6) is 5.75 Å². The highest BCUT2D eigenvalue weighted by atomic mass is 79.9. The normalized spacial score (nSPS) is 11.2. The van der Waals surface area contributed by atoms with Crippen LogP contribution in [0.25, 0.3) is 12.2 Å². The summed E-state index contributed by atoms with van der Waals surface area (Å²) in [6, 6.07) is 14.9. The van der Waals surface area contributed by atoms with Gasteiger partial charge in [0, 0.05) is 10.4 Å². The third-order valence-corrected chi connectivity index (χ3v) is 3.55. The quantitative estimate of drug-likeness (QED) is 0.466. The summed E-state index contributed by atoms with van der Waals surface area (Å²) >= 11 is 9.13. The molecule has 0 bridgehead atoms. The van der Waals surface area contributed by atoms with E-state index in [-0.39, 0.29) is 5.78 Å². The van der Waals surface area contributed by atoms with Gasteiger partial charge in [-0.2, -0.15) is 0 Å². The number of allylic oxidation sites excluding steroid dienone is 2. The van der Waals surface area contributed by atoms with E-state index >= 15 is 0 Å². The third-order valence-electron chi connectivity index (χ3n) is 2.98. The lowest BCUT2D eigenvalue weighted by Crippen LogP contribution is -1.97. The average Bonchev–Trinajstić information content (AvgIpc) is 2.58. The Morgan fingerprint density at radius 2 is 1.48 bits per heavy atom. The number of ketones is 1. The van der Waals surface area contributed by atoms with Crippen LogP contribution in [-0.4, -0.2) is 17.7 Å². The molecule has 0 radical (unpaired) electrons. The van der Waals surface area contributed by atoms with Crippen LogP contribution in [0.15, 0.2) is 60.7 Å². The minimum absolute atomic E-state index is 0.0698. The van der Waals surface area contributed by atoms with Crippen LogP contribution in [-0.2, 0) is 4.79 Å². The van der Waals surface area contributed by atoms with Gasteiger partial charge in [0.05, 0.1) is 6.61 Å². The van der Waals surface area contributed by atoms with E-state index in [1.165, 1.54) is 6.08 Å². The molecule has 2 aromatic carbocycles. The van der Waals surface area contributed by atoms with Gasteiger partial charge in [0.2, 0.25) is 0 Å². The number of hydrogen-bond acceptors (Lipinski definition) is 2. The smallest absolute Gasteiger partial charge is 0.178 e. The minimum Gasteiger partial charge on any atom is -0.493 e. The predicted octanol–water partition coefficient (Wildman–Crippen LogP) is 5.41. The summed E-state index contributed by atoms with van der Waals surface area (Å²) in [6.07, 6.45) is 6.62. The second-order valence-electron chi connectivity index (χ2n) is 4.73. The van der Waals surface area contributed by atoms with Crippen molar-refractivity contribution >= 4 is 45.5 Å². The summed E-state index contributed by atoms with van der Waals surface area (Å²) in [5.74, 6) is 0.745. The summed E-state index contributed by atoms with van der Waals surface area (Å²) < 4.78 is 5.47. The molecule has 0 aliphatic carbocycles. The largest absolute Gasteiger partial charge is 0.493 e. The molecule has 0 unspecified atom stereocenters. The maximum atomic E-state index is 11.8. The Kier molecular flexibility index (Phi) is 7.11. The second-order valence-corrected chi connectivity index (χ2v) is 5.96. The van der Waals surface area contributed by atoms with Gasteiger partial charge in [0.25, 0.3) is 0 Å². The van der Waals surface area contributed by atoms with Crippen molar-refractivity contribution in [1.82, 2.24) is 0 Å². The highest BCUT2D eigenvalue weighted by Crippen LogP contribution is 2.14. The van der Waals surface area contributed by atoms with Crippen LogP contribution in [0.1, 0.15) is 11.1 Å². The zero-order valence-electron chi connectivity index (χ0n) is 12.4. The number of alkyl halides is 1. The first-order valence-electron chi connectivity index (χ1n) is 7.12. The fourth-order valence-corrected chi connectivity index (χ4v) is 2.11. The Hall–Kier alpha value is -1.84. The maximum Gasteiger partial charge on any atom is 0.178 e. The molecular weight excluding hydrogens is 376 g/mol. The molecule has 0 fully saturated rings. The van der Waals surface area contributed by atoms with Gasteiger partial charge in [0.15, 0.2) is 5.78 Å². The van der Waals surface area contributed by atoms with Crippen LogP contribution < -0.4 is 4.74 Å². The lowest BCUT2D eigenvalue weighted by atomic mass is 10.1. The molecular formula is C19H16BrClO2. The van der Waals surface area contributed by atoms with Crippen LogP contribution in [0.3, 0.4) is 0 Å². The monoisotopic (exact) mass is 390 g/mol. The van der Waals surface area contributed by atoms with Gasteiger partial charge < -0.3 is 4.74 Å². The molecule has 0 spiro atoms. The Labute approximate surface area is 149 Å². The fraction of sp³-hybridized carbons (Fsp3) is 0.105. The van der Waals surface area contributed by atoms with Crippen LogP contribution in [0.4, 0.5) is 0 Å². The van der Waals surface area contributed by atoms with E-state index in [0.29, 0.717) is 11.6 Å². The molecule has 0 aliphatic rings. The lowest BCUT2D eigenvalue weighted by molar-refractivity contribution is -0.110. The average molecular weight is 392 g/mol. The molecule has 0 aromatic heterocycles. The van der Waals surface area contributed by atoms with Gasteiger partial charge in [0.1, 0.15) is 5.75 Å². The topological polar surface area (TPSA) is 26.3 Å². The molecule has 0 saturated heterocycles. The molecule has 0 heterocycles. The Morgan fingerprint density at radius 1 is 0.957 bits per heavy atom. The summed E-state index contributed by atoms with van der Waals surface area (Å²) in [4.78, 5) is 11.8. The van der Waals surface area contributed by atoms with Gasteiger partial charge in [-0.3, -0.25) is 4.79 Å². The van der Waals surface area contributed by atoms with Gasteiger partial charge in [-0.1, -0.05) is 63.9 Å². The number of benzene rings is 2.